The molecule has 2 saturated heterocycles. The smallest absolute Gasteiger partial charge is 0.330 e. The van der Waals surface area contributed by atoms with Gasteiger partial charge in [0.1, 0.15) is 17.2 Å². The largest absolute Gasteiger partial charge is 0.481 e. The van der Waals surface area contributed by atoms with Crippen molar-refractivity contribution in [2.24, 2.45) is 23.7 Å². The van der Waals surface area contributed by atoms with Crippen LogP contribution in [0.2, 0.25) is 0 Å². The van der Waals surface area contributed by atoms with Crippen molar-refractivity contribution in [3.63, 3.8) is 0 Å². The SMILES string of the molecule is COc1cc(CN2C[C@H]3CN4C(=O)[C@H](CC(=O)OC(C)(C)C)CCCC/C=C\[C@@H]5C[C@@]5(C(=O)O)NC(=O)[C@@H]4[C@H]3C2)c2ccccc2n1. The molecular formula is C36H46N4O7. The molecule has 47 heavy (non-hydrogen) atoms. The number of carbonyl (C=O) groups is 4. The molecule has 2 aromatic rings. The number of carboxylic acids is 1. The third-order valence-corrected chi connectivity index (χ3v) is 10.1. The molecule has 3 fully saturated rings. The van der Waals surface area contributed by atoms with Crippen molar-refractivity contribution in [2.45, 2.75) is 83.0 Å². The van der Waals surface area contributed by atoms with Gasteiger partial charge in [-0.3, -0.25) is 19.3 Å². The molecule has 1 saturated carbocycles. The topological polar surface area (TPSA) is 138 Å². The second-order valence-corrected chi connectivity index (χ2v) is 14.7. The summed E-state index contributed by atoms with van der Waals surface area (Å²) in [6.07, 6.45) is 6.93. The molecule has 2 N–H and O–H groups in total. The average Bonchev–Trinajstić information content (AvgIpc) is 3.39. The van der Waals surface area contributed by atoms with E-state index in [1.165, 1.54) is 0 Å². The van der Waals surface area contributed by atoms with Crippen LogP contribution in [0.15, 0.2) is 42.5 Å². The van der Waals surface area contributed by atoms with Crippen LogP contribution in [-0.4, -0.2) is 87.6 Å². The van der Waals surface area contributed by atoms with Gasteiger partial charge in [0.15, 0.2) is 0 Å². The number of carbonyl (C=O) groups excluding carboxylic acids is 3. The maximum absolute atomic E-state index is 14.3. The lowest BCUT2D eigenvalue weighted by molar-refractivity contribution is -0.159. The molecule has 11 heteroatoms. The van der Waals surface area contributed by atoms with Crippen molar-refractivity contribution < 1.29 is 33.8 Å². The standard InChI is InChI=1S/C36H46N4O7/c1-35(2,3)47-30(41)16-22-11-7-5-6-8-12-25-17-36(25,34(44)45)38-32(42)31-27-21-39(19-24(27)20-40(31)33(22)43)18-23-15-29(46-4)37-28-14-10-9-13-26(23)28/h8-10,12-15,22,24-25,27,31H,5-7,11,16-21H2,1-4H3,(H,38,42)(H,44,45)/b12-8-/t22-,24-,25+,27-,31-,36+/m0/s1. The molecule has 6 atom stereocenters. The zero-order chi connectivity index (χ0) is 33.5. The minimum Gasteiger partial charge on any atom is -0.481 e. The first-order chi connectivity index (χ1) is 22.4. The lowest BCUT2D eigenvalue weighted by Gasteiger charge is -2.32. The summed E-state index contributed by atoms with van der Waals surface area (Å²) in [4.78, 5) is 62.5. The molecule has 6 rings (SSSR count). The molecule has 0 bridgehead atoms. The number of esters is 1. The van der Waals surface area contributed by atoms with Gasteiger partial charge in [0.05, 0.1) is 19.0 Å². The van der Waals surface area contributed by atoms with Crippen molar-refractivity contribution >= 4 is 34.7 Å². The Morgan fingerprint density at radius 1 is 1.13 bits per heavy atom. The highest BCUT2D eigenvalue weighted by Crippen LogP contribution is 2.46. The molecule has 1 aromatic heterocycles. The molecule has 252 valence electrons. The first-order valence-corrected chi connectivity index (χ1v) is 16.8. The Morgan fingerprint density at radius 3 is 2.66 bits per heavy atom. The zero-order valence-corrected chi connectivity index (χ0v) is 27.7. The van der Waals surface area contributed by atoms with Crippen LogP contribution in [0, 0.1) is 23.7 Å². The maximum atomic E-state index is 14.3. The molecule has 0 unspecified atom stereocenters. The number of fused-ring (bicyclic) bond motifs is 5. The summed E-state index contributed by atoms with van der Waals surface area (Å²) in [7, 11) is 1.60. The molecule has 11 nitrogen and oxygen atoms in total. The summed E-state index contributed by atoms with van der Waals surface area (Å²) in [5.74, 6) is -2.73. The number of ether oxygens (including phenoxy) is 2. The molecule has 1 aromatic carbocycles. The molecule has 2 amide bonds. The number of aliphatic carboxylic acids is 1. The molecule has 0 spiro atoms. The third-order valence-electron chi connectivity index (χ3n) is 10.1. The van der Waals surface area contributed by atoms with Crippen molar-refractivity contribution in [2.75, 3.05) is 26.7 Å². The minimum absolute atomic E-state index is 0.0123. The molecule has 4 heterocycles. The highest BCUT2D eigenvalue weighted by atomic mass is 16.6. The van der Waals surface area contributed by atoms with Gasteiger partial charge in [-0.2, -0.15) is 0 Å². The van der Waals surface area contributed by atoms with E-state index >= 15 is 0 Å². The number of allylic oxidation sites excluding steroid dienone is 1. The summed E-state index contributed by atoms with van der Waals surface area (Å²) in [6.45, 7) is 7.61. The second kappa shape index (κ2) is 12.9. The lowest BCUT2D eigenvalue weighted by atomic mass is 9.92. The number of hydrogen-bond donors (Lipinski definition) is 2. The van der Waals surface area contributed by atoms with Crippen molar-refractivity contribution in [3.05, 3.63) is 48.0 Å². The number of para-hydroxylation sites is 1. The zero-order valence-electron chi connectivity index (χ0n) is 27.7. The van der Waals surface area contributed by atoms with Gasteiger partial charge >= 0.3 is 11.9 Å². The summed E-state index contributed by atoms with van der Waals surface area (Å²) in [5, 5.41) is 14.1. The summed E-state index contributed by atoms with van der Waals surface area (Å²) < 4.78 is 11.1. The van der Waals surface area contributed by atoms with Crippen LogP contribution in [0.4, 0.5) is 0 Å². The Morgan fingerprint density at radius 2 is 1.91 bits per heavy atom. The van der Waals surface area contributed by atoms with E-state index in [0.717, 1.165) is 35.7 Å². The average molecular weight is 647 g/mol. The quantitative estimate of drug-likeness (QED) is 0.353. The number of nitrogens with zero attached hydrogens (tertiary/aromatic N) is 3. The normalized spacial score (nSPS) is 30.5. The molecule has 3 aliphatic heterocycles. The van der Waals surface area contributed by atoms with E-state index in [0.29, 0.717) is 44.9 Å². The van der Waals surface area contributed by atoms with E-state index in [9.17, 15) is 24.3 Å². The number of carboxylic acid groups (broad SMARTS) is 1. The van der Waals surface area contributed by atoms with Crippen LogP contribution in [0.3, 0.4) is 0 Å². The van der Waals surface area contributed by atoms with E-state index in [-0.39, 0.29) is 30.1 Å². The van der Waals surface area contributed by atoms with Crippen LogP contribution in [-0.2, 0) is 30.5 Å². The van der Waals surface area contributed by atoms with E-state index in [1.807, 2.05) is 42.5 Å². The fourth-order valence-electron chi connectivity index (χ4n) is 7.83. The van der Waals surface area contributed by atoms with Gasteiger partial charge in [0.25, 0.3) is 0 Å². The van der Waals surface area contributed by atoms with Gasteiger partial charge in [-0.15, -0.1) is 0 Å². The molecular weight excluding hydrogens is 600 g/mol. The number of methoxy groups -OCH3 is 1. The van der Waals surface area contributed by atoms with E-state index in [2.05, 4.69) is 15.2 Å². The number of rotatable bonds is 6. The van der Waals surface area contributed by atoms with Crippen LogP contribution in [0.5, 0.6) is 5.88 Å². The van der Waals surface area contributed by atoms with Gasteiger partial charge in [-0.25, -0.2) is 9.78 Å². The Bertz CT molecular complexity index is 1580. The predicted octanol–water partition coefficient (Wildman–Crippen LogP) is 3.94. The minimum atomic E-state index is -1.37. The number of hydrogen-bond acceptors (Lipinski definition) is 8. The Labute approximate surface area is 275 Å². The predicted molar refractivity (Wildman–Crippen MR) is 174 cm³/mol. The Kier molecular flexibility index (Phi) is 9.04. The summed E-state index contributed by atoms with van der Waals surface area (Å²) in [5.41, 5.74) is -0.151. The van der Waals surface area contributed by atoms with E-state index < -0.39 is 40.9 Å². The fraction of sp³-hybridized carbons (Fsp3) is 0.583. The number of amides is 2. The van der Waals surface area contributed by atoms with Crippen LogP contribution >= 0.6 is 0 Å². The van der Waals surface area contributed by atoms with Crippen LogP contribution in [0.25, 0.3) is 10.9 Å². The number of likely N-dealkylation sites (tertiary alicyclic amines) is 1. The van der Waals surface area contributed by atoms with Crippen molar-refractivity contribution in [1.82, 2.24) is 20.1 Å². The van der Waals surface area contributed by atoms with Crippen LogP contribution < -0.4 is 10.1 Å². The number of benzene rings is 1. The van der Waals surface area contributed by atoms with E-state index in [1.54, 1.807) is 32.8 Å². The Balaban J connectivity index is 1.28. The molecule has 0 radical (unpaired) electrons. The number of pyridine rings is 1. The monoisotopic (exact) mass is 646 g/mol. The van der Waals surface area contributed by atoms with Crippen molar-refractivity contribution in [3.8, 4) is 5.88 Å². The maximum Gasteiger partial charge on any atom is 0.330 e. The fourth-order valence-corrected chi connectivity index (χ4v) is 7.83. The molecule has 4 aliphatic rings. The van der Waals surface area contributed by atoms with Gasteiger partial charge in [0.2, 0.25) is 17.7 Å². The number of aromatic nitrogens is 1. The van der Waals surface area contributed by atoms with E-state index in [4.69, 9.17) is 9.47 Å². The number of nitrogens with one attached hydrogen (secondary N) is 1. The van der Waals surface area contributed by atoms with Gasteiger partial charge in [-0.05, 0) is 64.0 Å². The van der Waals surface area contributed by atoms with Gasteiger partial charge in [0, 0.05) is 55.4 Å². The first-order valence-electron chi connectivity index (χ1n) is 16.8. The van der Waals surface area contributed by atoms with Gasteiger partial charge in [-0.1, -0.05) is 36.8 Å². The molecule has 1 aliphatic carbocycles. The van der Waals surface area contributed by atoms with Gasteiger partial charge < -0.3 is 24.8 Å². The Hall–Kier alpha value is -3.99. The highest BCUT2D eigenvalue weighted by Gasteiger charge is 2.62. The summed E-state index contributed by atoms with van der Waals surface area (Å²) >= 11 is 0. The third kappa shape index (κ3) is 6.86. The lowest BCUT2D eigenvalue weighted by Crippen LogP contribution is -2.56. The van der Waals surface area contributed by atoms with Crippen LogP contribution in [0.1, 0.15) is 64.9 Å². The van der Waals surface area contributed by atoms with Crippen molar-refractivity contribution in [1.29, 1.82) is 0 Å². The highest BCUT2D eigenvalue weighted by molar-refractivity contribution is 5.96. The second-order valence-electron chi connectivity index (χ2n) is 14.7. The first kappa shape index (κ1) is 32.9. The summed E-state index contributed by atoms with van der Waals surface area (Å²) in [6, 6.07) is 9.02.